The molecular weight excluding hydrogens is 276 g/mol. The van der Waals surface area contributed by atoms with Crippen LogP contribution in [0.15, 0.2) is 60.7 Å². The summed E-state index contributed by atoms with van der Waals surface area (Å²) < 4.78 is 0. The van der Waals surface area contributed by atoms with E-state index in [4.69, 9.17) is 0 Å². The van der Waals surface area contributed by atoms with Gasteiger partial charge in [0.1, 0.15) is 0 Å². The fourth-order valence-electron chi connectivity index (χ4n) is 3.49. The van der Waals surface area contributed by atoms with Gasteiger partial charge in [-0.15, -0.1) is 0 Å². The molecule has 0 atom stereocenters. The van der Waals surface area contributed by atoms with Gasteiger partial charge in [-0.25, -0.2) is 0 Å². The number of hydrogen-bond donors (Lipinski definition) is 0. The highest BCUT2D eigenvalue weighted by Gasteiger charge is 2.32. The van der Waals surface area contributed by atoms with Crippen LogP contribution in [-0.4, -0.2) is 0 Å². The van der Waals surface area contributed by atoms with Gasteiger partial charge in [-0.3, -0.25) is 0 Å². The van der Waals surface area contributed by atoms with E-state index < -0.39 is 0 Å². The Labute approximate surface area is 141 Å². The quantitative estimate of drug-likeness (QED) is 0.412. The Hall–Kier alpha value is -2.08. The van der Waals surface area contributed by atoms with E-state index in [2.05, 4.69) is 74.5 Å². The lowest BCUT2D eigenvalue weighted by Crippen LogP contribution is -2.23. The van der Waals surface area contributed by atoms with Gasteiger partial charge < -0.3 is 0 Å². The molecule has 0 spiro atoms. The number of hydrogen-bond acceptors (Lipinski definition) is 0. The highest BCUT2D eigenvalue weighted by molar-refractivity contribution is 6.03. The van der Waals surface area contributed by atoms with Crippen molar-refractivity contribution < 1.29 is 0 Å². The van der Waals surface area contributed by atoms with E-state index in [1.165, 1.54) is 33.0 Å². The largest absolute Gasteiger partial charge is 0.0683 e. The average Bonchev–Trinajstić information content (AvgIpc) is 2.63. The lowest BCUT2D eigenvalue weighted by atomic mass is 9.68. The van der Waals surface area contributed by atoms with Gasteiger partial charge in [-0.1, -0.05) is 102 Å². The van der Waals surface area contributed by atoms with Crippen LogP contribution in [-0.2, 0) is 5.41 Å². The van der Waals surface area contributed by atoms with Crippen molar-refractivity contribution in [1.82, 2.24) is 0 Å². The van der Waals surface area contributed by atoms with Crippen molar-refractivity contribution in [1.29, 1.82) is 0 Å². The van der Waals surface area contributed by atoms with Gasteiger partial charge in [-0.05, 0) is 33.0 Å². The molecule has 23 heavy (non-hydrogen) atoms. The Morgan fingerprint density at radius 1 is 0.565 bits per heavy atom. The molecule has 0 heterocycles. The van der Waals surface area contributed by atoms with E-state index in [9.17, 15) is 0 Å². The smallest absolute Gasteiger partial charge is 0.0159 e. The molecule has 0 fully saturated rings. The first kappa shape index (κ1) is 17.3. The zero-order valence-corrected chi connectivity index (χ0v) is 15.3. The fraction of sp³-hybridized carbons (Fsp3) is 0.304. The molecule has 0 bridgehead atoms. The average molecular weight is 304 g/mol. The second kappa shape index (κ2) is 7.00. The molecule has 0 aliphatic heterocycles. The molecule has 120 valence electrons. The number of fused-ring (bicyclic) bond motifs is 2. The van der Waals surface area contributed by atoms with Gasteiger partial charge >= 0.3 is 0 Å². The first-order valence-corrected chi connectivity index (χ1v) is 8.82. The number of rotatable bonds is 0. The third kappa shape index (κ3) is 2.67. The molecule has 4 rings (SSSR count). The third-order valence-corrected chi connectivity index (χ3v) is 4.47. The second-order valence-corrected chi connectivity index (χ2v) is 5.88. The van der Waals surface area contributed by atoms with Crippen LogP contribution in [0.3, 0.4) is 0 Å². The van der Waals surface area contributed by atoms with Crippen molar-refractivity contribution >= 4 is 10.8 Å². The van der Waals surface area contributed by atoms with E-state index in [-0.39, 0.29) is 5.41 Å². The maximum Gasteiger partial charge on any atom is 0.0159 e. The van der Waals surface area contributed by atoms with Gasteiger partial charge in [0.25, 0.3) is 0 Å². The predicted molar refractivity (Wildman–Crippen MR) is 104 cm³/mol. The Kier molecular flexibility index (Phi) is 5.26. The summed E-state index contributed by atoms with van der Waals surface area (Å²) >= 11 is 0. The Morgan fingerprint density at radius 2 is 1.09 bits per heavy atom. The zero-order valence-electron chi connectivity index (χ0n) is 15.3. The molecule has 1 aliphatic carbocycles. The third-order valence-electron chi connectivity index (χ3n) is 4.47. The highest BCUT2D eigenvalue weighted by Crippen LogP contribution is 2.47. The van der Waals surface area contributed by atoms with Crippen molar-refractivity contribution in [2.45, 2.75) is 47.0 Å². The Bertz CT molecular complexity index is 789. The summed E-state index contributed by atoms with van der Waals surface area (Å²) in [5, 5.41) is 2.77. The first-order valence-electron chi connectivity index (χ1n) is 8.82. The monoisotopic (exact) mass is 304 g/mol. The summed E-state index contributed by atoms with van der Waals surface area (Å²) in [7, 11) is 0. The molecule has 0 unspecified atom stereocenters. The molecule has 1 aliphatic rings. The minimum Gasteiger partial charge on any atom is -0.0683 e. The molecule has 3 aromatic rings. The summed E-state index contributed by atoms with van der Waals surface area (Å²) in [6.45, 7) is 12.7. The predicted octanol–water partition coefficient (Wildman–Crippen LogP) is 7.20. The summed E-state index contributed by atoms with van der Waals surface area (Å²) in [5.41, 5.74) is 5.71. The Balaban J connectivity index is 0.000000448. The Morgan fingerprint density at radius 3 is 1.78 bits per heavy atom. The van der Waals surface area contributed by atoms with Gasteiger partial charge in [0.15, 0.2) is 0 Å². The van der Waals surface area contributed by atoms with Crippen molar-refractivity contribution in [2.75, 3.05) is 0 Å². The van der Waals surface area contributed by atoms with Crippen LogP contribution < -0.4 is 0 Å². The maximum absolute atomic E-state index is 2.33. The van der Waals surface area contributed by atoms with E-state index in [1.807, 2.05) is 27.7 Å². The van der Waals surface area contributed by atoms with E-state index in [0.29, 0.717) is 0 Å². The van der Waals surface area contributed by atoms with E-state index in [1.54, 1.807) is 0 Å². The molecule has 3 aromatic carbocycles. The van der Waals surface area contributed by atoms with Crippen LogP contribution in [0, 0.1) is 0 Å². The number of benzene rings is 3. The molecule has 0 radical (unpaired) electrons. The van der Waals surface area contributed by atoms with Crippen LogP contribution in [0.5, 0.6) is 0 Å². The molecule has 0 saturated carbocycles. The van der Waals surface area contributed by atoms with Crippen LogP contribution in [0.1, 0.15) is 52.7 Å². The molecule has 0 N–H and O–H groups in total. The van der Waals surface area contributed by atoms with Crippen LogP contribution in [0.4, 0.5) is 0 Å². The normalized spacial score (nSPS) is 13.1. The molecule has 0 heteroatoms. The fourth-order valence-corrected chi connectivity index (χ4v) is 3.49. The van der Waals surface area contributed by atoms with Crippen molar-refractivity contribution in [3.63, 3.8) is 0 Å². The van der Waals surface area contributed by atoms with Crippen LogP contribution in [0.25, 0.3) is 21.9 Å². The summed E-state index contributed by atoms with van der Waals surface area (Å²) in [6.07, 6.45) is 0. The molecule has 0 nitrogen and oxygen atoms in total. The maximum atomic E-state index is 2.33. The van der Waals surface area contributed by atoms with Crippen LogP contribution in [0.2, 0.25) is 0 Å². The lowest BCUT2D eigenvalue weighted by Gasteiger charge is -2.35. The van der Waals surface area contributed by atoms with E-state index in [0.717, 1.165) is 0 Å². The topological polar surface area (TPSA) is 0 Å². The van der Waals surface area contributed by atoms with Crippen LogP contribution >= 0.6 is 0 Å². The van der Waals surface area contributed by atoms with Crippen molar-refractivity contribution in [3.05, 3.63) is 71.8 Å². The summed E-state index contributed by atoms with van der Waals surface area (Å²) in [5.74, 6) is 0. The van der Waals surface area contributed by atoms with Crippen molar-refractivity contribution in [2.24, 2.45) is 0 Å². The van der Waals surface area contributed by atoms with Gasteiger partial charge in [0, 0.05) is 5.41 Å². The SMILES string of the molecule is CC.CC.CC1(C)c2ccccc2-c2cccc3cccc1c23. The molecular formula is C23H28. The minimum atomic E-state index is 0.0739. The zero-order chi connectivity index (χ0) is 17.0. The lowest BCUT2D eigenvalue weighted by molar-refractivity contribution is 0.645. The van der Waals surface area contributed by atoms with E-state index >= 15 is 0 Å². The highest BCUT2D eigenvalue weighted by atomic mass is 14.3. The summed E-state index contributed by atoms with van der Waals surface area (Å²) in [4.78, 5) is 0. The molecule has 0 amide bonds. The first-order chi connectivity index (χ1) is 11.2. The standard InChI is InChI=1S/C19H16.2C2H6/c1-19(2)16-11-4-3-9-14(16)15-10-5-7-13-8-6-12-17(19)18(13)15;2*1-2/h3-12H,1-2H3;2*1-2H3. The molecule has 0 saturated heterocycles. The van der Waals surface area contributed by atoms with Crippen molar-refractivity contribution in [3.8, 4) is 11.1 Å². The second-order valence-electron chi connectivity index (χ2n) is 5.88. The van der Waals surface area contributed by atoms with Gasteiger partial charge in [0.2, 0.25) is 0 Å². The van der Waals surface area contributed by atoms with Gasteiger partial charge in [-0.2, -0.15) is 0 Å². The molecule has 0 aromatic heterocycles. The van der Waals surface area contributed by atoms with Gasteiger partial charge in [0.05, 0.1) is 0 Å². The minimum absolute atomic E-state index is 0.0739. The summed E-state index contributed by atoms with van der Waals surface area (Å²) in [6, 6.07) is 22.1.